The molecule has 0 fully saturated rings. The van der Waals surface area contributed by atoms with Crippen LogP contribution in [-0.4, -0.2) is 12.5 Å². The quantitative estimate of drug-likeness (QED) is 0.737. The number of nitrogens with two attached hydrogens (primary N) is 1. The smallest absolute Gasteiger partial charge is 0.217 e. The Hall–Kier alpha value is -1.77. The summed E-state index contributed by atoms with van der Waals surface area (Å²) in [5.74, 6) is -0.0302. The van der Waals surface area contributed by atoms with Crippen LogP contribution in [0.3, 0.4) is 0 Å². The first-order chi connectivity index (χ1) is 7.11. The molecule has 1 amide bonds. The highest BCUT2D eigenvalue weighted by Gasteiger charge is 1.97. The van der Waals surface area contributed by atoms with Crippen LogP contribution in [0.5, 0.6) is 0 Å². The van der Waals surface area contributed by atoms with Gasteiger partial charge in [-0.15, -0.1) is 0 Å². The zero-order valence-corrected chi connectivity index (χ0v) is 9.08. The maximum absolute atomic E-state index is 10.6. The van der Waals surface area contributed by atoms with Crippen molar-refractivity contribution < 1.29 is 4.79 Å². The lowest BCUT2D eigenvalue weighted by atomic mass is 10.1. The van der Waals surface area contributed by atoms with E-state index in [4.69, 9.17) is 5.73 Å². The van der Waals surface area contributed by atoms with E-state index < -0.39 is 0 Å². The van der Waals surface area contributed by atoms with Crippen molar-refractivity contribution in [3.63, 3.8) is 0 Å². The van der Waals surface area contributed by atoms with Gasteiger partial charge in [0.05, 0.1) is 0 Å². The van der Waals surface area contributed by atoms with Crippen molar-refractivity contribution in [2.24, 2.45) is 0 Å². The third-order valence-electron chi connectivity index (χ3n) is 2.11. The fraction of sp³-hybridized carbons (Fsp3) is 0.250. The topological polar surface area (TPSA) is 55.1 Å². The highest BCUT2D eigenvalue weighted by molar-refractivity contribution is 5.73. The Labute approximate surface area is 90.0 Å². The normalized spacial score (nSPS) is 10.5. The van der Waals surface area contributed by atoms with Gasteiger partial charge >= 0.3 is 0 Å². The molecule has 0 unspecified atom stereocenters. The standard InChI is InChI=1S/C12H16N2O/c1-9-5-3-7-12(13)11(9)6-4-8-14-10(2)15/h3-7H,8,13H2,1-2H3,(H,14,15). The molecule has 0 aliphatic rings. The minimum atomic E-state index is -0.0302. The fourth-order valence-electron chi connectivity index (χ4n) is 1.31. The molecule has 0 radical (unpaired) electrons. The molecule has 0 heterocycles. The highest BCUT2D eigenvalue weighted by Crippen LogP contribution is 2.17. The molecule has 0 saturated carbocycles. The number of amides is 1. The Balaban J connectivity index is 2.67. The van der Waals surface area contributed by atoms with Crippen molar-refractivity contribution in [3.05, 3.63) is 35.4 Å². The average Bonchev–Trinajstić information content (AvgIpc) is 2.15. The van der Waals surface area contributed by atoms with Gasteiger partial charge in [-0.1, -0.05) is 24.3 Å². The van der Waals surface area contributed by atoms with E-state index in [1.807, 2.05) is 37.3 Å². The Morgan fingerprint density at radius 3 is 2.87 bits per heavy atom. The molecule has 3 nitrogen and oxygen atoms in total. The number of rotatable bonds is 3. The van der Waals surface area contributed by atoms with E-state index >= 15 is 0 Å². The zero-order chi connectivity index (χ0) is 11.3. The number of carbonyl (C=O) groups is 1. The minimum absolute atomic E-state index is 0.0302. The fourth-order valence-corrected chi connectivity index (χ4v) is 1.31. The van der Waals surface area contributed by atoms with Gasteiger partial charge in [0, 0.05) is 24.7 Å². The highest BCUT2D eigenvalue weighted by atomic mass is 16.1. The first-order valence-corrected chi connectivity index (χ1v) is 4.87. The molecule has 0 bridgehead atoms. The largest absolute Gasteiger partial charge is 0.398 e. The second-order valence-electron chi connectivity index (χ2n) is 3.42. The van der Waals surface area contributed by atoms with Crippen LogP contribution in [0.1, 0.15) is 18.1 Å². The molecule has 0 atom stereocenters. The predicted octanol–water partition coefficient (Wildman–Crippen LogP) is 1.73. The lowest BCUT2D eigenvalue weighted by molar-refractivity contribution is -0.118. The molecule has 3 heteroatoms. The number of hydrogen-bond acceptors (Lipinski definition) is 2. The monoisotopic (exact) mass is 204 g/mol. The van der Waals surface area contributed by atoms with E-state index in [9.17, 15) is 4.79 Å². The minimum Gasteiger partial charge on any atom is -0.398 e. The molecule has 0 saturated heterocycles. The second-order valence-corrected chi connectivity index (χ2v) is 3.42. The lowest BCUT2D eigenvalue weighted by Crippen LogP contribution is -2.19. The third kappa shape index (κ3) is 3.46. The Kier molecular flexibility index (Phi) is 3.92. The number of aryl methyl sites for hydroxylation is 1. The van der Waals surface area contributed by atoms with Crippen LogP contribution >= 0.6 is 0 Å². The van der Waals surface area contributed by atoms with Gasteiger partial charge in [-0.25, -0.2) is 0 Å². The zero-order valence-electron chi connectivity index (χ0n) is 9.08. The summed E-state index contributed by atoms with van der Waals surface area (Å²) in [5, 5.41) is 2.69. The maximum atomic E-state index is 10.6. The molecular weight excluding hydrogens is 188 g/mol. The van der Waals surface area contributed by atoms with Crippen LogP contribution in [0.2, 0.25) is 0 Å². The molecule has 3 N–H and O–H groups in total. The molecule has 0 aliphatic carbocycles. The molecule has 0 aromatic heterocycles. The van der Waals surface area contributed by atoms with Crippen LogP contribution < -0.4 is 11.1 Å². The summed E-state index contributed by atoms with van der Waals surface area (Å²) in [6, 6.07) is 5.80. The van der Waals surface area contributed by atoms with E-state index in [-0.39, 0.29) is 5.91 Å². The molecule has 15 heavy (non-hydrogen) atoms. The number of carbonyl (C=O) groups excluding carboxylic acids is 1. The van der Waals surface area contributed by atoms with Crippen molar-refractivity contribution in [2.45, 2.75) is 13.8 Å². The van der Waals surface area contributed by atoms with Gasteiger partial charge in [0.15, 0.2) is 0 Å². The van der Waals surface area contributed by atoms with Gasteiger partial charge in [-0.3, -0.25) is 4.79 Å². The first-order valence-electron chi connectivity index (χ1n) is 4.87. The molecule has 80 valence electrons. The van der Waals surface area contributed by atoms with Crippen molar-refractivity contribution in [1.29, 1.82) is 0 Å². The Morgan fingerprint density at radius 1 is 1.53 bits per heavy atom. The SMILES string of the molecule is CC(=O)NCC=Cc1c(C)cccc1N. The molecule has 1 aromatic carbocycles. The van der Waals surface area contributed by atoms with Gasteiger partial charge < -0.3 is 11.1 Å². The predicted molar refractivity (Wildman–Crippen MR) is 63.3 cm³/mol. The van der Waals surface area contributed by atoms with E-state index in [1.165, 1.54) is 6.92 Å². The summed E-state index contributed by atoms with van der Waals surface area (Å²) >= 11 is 0. The number of benzene rings is 1. The van der Waals surface area contributed by atoms with Crippen LogP contribution in [0.15, 0.2) is 24.3 Å². The van der Waals surface area contributed by atoms with Gasteiger partial charge in [0.2, 0.25) is 5.91 Å². The Bertz CT molecular complexity index is 363. The van der Waals surface area contributed by atoms with Gasteiger partial charge in [0.1, 0.15) is 0 Å². The first kappa shape index (κ1) is 11.3. The van der Waals surface area contributed by atoms with Crippen molar-refractivity contribution in [2.75, 3.05) is 12.3 Å². The molecular formula is C12H16N2O. The van der Waals surface area contributed by atoms with Crippen LogP contribution in [0.25, 0.3) is 6.08 Å². The van der Waals surface area contributed by atoms with Crippen molar-refractivity contribution in [3.8, 4) is 0 Å². The average molecular weight is 204 g/mol. The summed E-state index contributed by atoms with van der Waals surface area (Å²) in [5.41, 5.74) is 8.73. The second kappa shape index (κ2) is 5.20. The van der Waals surface area contributed by atoms with Gasteiger partial charge in [0.25, 0.3) is 0 Å². The van der Waals surface area contributed by atoms with Crippen LogP contribution in [0.4, 0.5) is 5.69 Å². The van der Waals surface area contributed by atoms with Crippen molar-refractivity contribution >= 4 is 17.7 Å². The number of hydrogen-bond donors (Lipinski definition) is 2. The van der Waals surface area contributed by atoms with Crippen molar-refractivity contribution in [1.82, 2.24) is 5.32 Å². The third-order valence-corrected chi connectivity index (χ3v) is 2.11. The summed E-state index contributed by atoms with van der Waals surface area (Å²) in [4.78, 5) is 10.6. The molecule has 0 aliphatic heterocycles. The Morgan fingerprint density at radius 2 is 2.27 bits per heavy atom. The summed E-state index contributed by atoms with van der Waals surface area (Å²) in [6.45, 7) is 4.04. The van der Waals surface area contributed by atoms with E-state index in [2.05, 4.69) is 5.32 Å². The molecule has 0 spiro atoms. The van der Waals surface area contributed by atoms with Crippen LogP contribution in [-0.2, 0) is 4.79 Å². The van der Waals surface area contributed by atoms with E-state index in [0.717, 1.165) is 16.8 Å². The van der Waals surface area contributed by atoms with Gasteiger partial charge in [-0.2, -0.15) is 0 Å². The lowest BCUT2D eigenvalue weighted by Gasteiger charge is -2.04. The molecule has 1 aromatic rings. The summed E-state index contributed by atoms with van der Waals surface area (Å²) < 4.78 is 0. The van der Waals surface area contributed by atoms with Gasteiger partial charge in [-0.05, 0) is 18.6 Å². The number of nitrogen functional groups attached to an aromatic ring is 1. The van der Waals surface area contributed by atoms with E-state index in [0.29, 0.717) is 6.54 Å². The van der Waals surface area contributed by atoms with E-state index in [1.54, 1.807) is 0 Å². The summed E-state index contributed by atoms with van der Waals surface area (Å²) in [6.07, 6.45) is 3.82. The molecule has 1 rings (SSSR count). The number of nitrogens with one attached hydrogen (secondary N) is 1. The maximum Gasteiger partial charge on any atom is 0.217 e. The summed E-state index contributed by atoms with van der Waals surface area (Å²) in [7, 11) is 0. The van der Waals surface area contributed by atoms with Crippen LogP contribution in [0, 0.1) is 6.92 Å². The number of anilines is 1.